The molecule has 30 heavy (non-hydrogen) atoms. The Labute approximate surface area is 198 Å². The molecule has 0 bridgehead atoms. The second kappa shape index (κ2) is 16.4. The predicted octanol–water partition coefficient (Wildman–Crippen LogP) is 4.31. The number of hydrogen-bond acceptors (Lipinski definition) is 5. The normalized spacial score (nSPS) is 13.5. The number of methoxy groups -OCH3 is 1. The monoisotopic (exact) mass is 535 g/mol. The van der Waals surface area contributed by atoms with Gasteiger partial charge in [-0.25, -0.2) is 0 Å². The fraction of sp³-hybridized carbons (Fsp3) is 0.682. The second-order valence-corrected chi connectivity index (χ2v) is 7.49. The number of fused-ring (bicyclic) bond motifs is 1. The summed E-state index contributed by atoms with van der Waals surface area (Å²) < 4.78 is 22.0. The Bertz CT molecular complexity index is 614. The standard InChI is InChI=1S/C22H37N3O4.HI/c1-18(2)7-4-10-23-22(24-11-5-12-27-16-15-26-3)25-19-8-9-20-21(17-19)29-14-6-13-28-20;/h8-9,17-18H,4-7,10-16H2,1-3H3,(H2,23,24,25);1H. The molecule has 0 spiro atoms. The minimum atomic E-state index is 0. The Hall–Kier alpha value is -1.26. The van der Waals surface area contributed by atoms with Crippen LogP contribution in [0.5, 0.6) is 11.5 Å². The molecule has 0 radical (unpaired) electrons. The fourth-order valence-corrected chi connectivity index (χ4v) is 2.84. The van der Waals surface area contributed by atoms with Crippen LogP contribution < -0.4 is 20.1 Å². The topological polar surface area (TPSA) is 73.3 Å². The molecule has 1 aromatic rings. The molecular weight excluding hydrogens is 497 g/mol. The molecule has 0 unspecified atom stereocenters. The third-order valence-corrected chi connectivity index (χ3v) is 4.41. The Morgan fingerprint density at radius 2 is 1.90 bits per heavy atom. The van der Waals surface area contributed by atoms with Gasteiger partial charge in [-0.15, -0.1) is 24.0 Å². The van der Waals surface area contributed by atoms with E-state index < -0.39 is 0 Å². The van der Waals surface area contributed by atoms with Crippen LogP contribution in [-0.2, 0) is 9.47 Å². The Kier molecular flexibility index (Phi) is 14.7. The zero-order chi connectivity index (χ0) is 20.7. The van der Waals surface area contributed by atoms with Gasteiger partial charge in [-0.05, 0) is 37.3 Å². The van der Waals surface area contributed by atoms with Crippen molar-refractivity contribution in [3.05, 3.63) is 18.2 Å². The molecule has 0 saturated carbocycles. The van der Waals surface area contributed by atoms with Gasteiger partial charge in [0.1, 0.15) is 0 Å². The highest BCUT2D eigenvalue weighted by molar-refractivity contribution is 14.0. The molecule has 0 fully saturated rings. The van der Waals surface area contributed by atoms with Crippen LogP contribution >= 0.6 is 24.0 Å². The van der Waals surface area contributed by atoms with E-state index in [2.05, 4.69) is 24.5 Å². The van der Waals surface area contributed by atoms with Crippen LogP contribution in [0.4, 0.5) is 5.69 Å². The molecule has 0 aliphatic carbocycles. The predicted molar refractivity (Wildman–Crippen MR) is 133 cm³/mol. The number of benzene rings is 1. The van der Waals surface area contributed by atoms with Gasteiger partial charge in [-0.2, -0.15) is 0 Å². The van der Waals surface area contributed by atoms with Gasteiger partial charge in [0.2, 0.25) is 0 Å². The zero-order valence-corrected chi connectivity index (χ0v) is 20.9. The lowest BCUT2D eigenvalue weighted by Gasteiger charge is -2.15. The molecule has 0 aromatic heterocycles. The lowest BCUT2D eigenvalue weighted by atomic mass is 10.1. The molecule has 2 rings (SSSR count). The van der Waals surface area contributed by atoms with Crippen LogP contribution in [0.25, 0.3) is 0 Å². The van der Waals surface area contributed by atoms with Gasteiger partial charge in [-0.3, -0.25) is 4.99 Å². The highest BCUT2D eigenvalue weighted by Gasteiger charge is 2.11. The number of anilines is 1. The van der Waals surface area contributed by atoms with Crippen LogP contribution in [0.15, 0.2) is 23.2 Å². The molecule has 1 aliphatic rings. The van der Waals surface area contributed by atoms with E-state index in [1.165, 1.54) is 6.42 Å². The van der Waals surface area contributed by atoms with Crippen molar-refractivity contribution in [2.75, 3.05) is 58.6 Å². The van der Waals surface area contributed by atoms with E-state index in [-0.39, 0.29) is 24.0 Å². The SMILES string of the molecule is COCCOCCCN=C(NCCCC(C)C)Nc1ccc2c(c1)OCCCO2.I. The number of guanidine groups is 1. The highest BCUT2D eigenvalue weighted by Crippen LogP contribution is 2.32. The van der Waals surface area contributed by atoms with Crippen molar-refractivity contribution in [2.24, 2.45) is 10.9 Å². The summed E-state index contributed by atoms with van der Waals surface area (Å²) in [7, 11) is 1.68. The zero-order valence-electron chi connectivity index (χ0n) is 18.6. The van der Waals surface area contributed by atoms with Gasteiger partial charge >= 0.3 is 0 Å². The first-order chi connectivity index (χ1) is 14.2. The van der Waals surface area contributed by atoms with Crippen LogP contribution in [0.1, 0.15) is 39.5 Å². The van der Waals surface area contributed by atoms with Gasteiger partial charge < -0.3 is 29.6 Å². The van der Waals surface area contributed by atoms with Gasteiger partial charge in [-0.1, -0.05) is 13.8 Å². The smallest absolute Gasteiger partial charge is 0.195 e. The maximum atomic E-state index is 5.79. The molecule has 172 valence electrons. The molecule has 0 saturated heterocycles. The van der Waals surface area contributed by atoms with Gasteiger partial charge in [0.15, 0.2) is 17.5 Å². The number of nitrogens with zero attached hydrogens (tertiary/aromatic N) is 1. The summed E-state index contributed by atoms with van der Waals surface area (Å²) in [6.07, 6.45) is 4.06. The number of halogens is 1. The summed E-state index contributed by atoms with van der Waals surface area (Å²) >= 11 is 0. The maximum absolute atomic E-state index is 5.79. The van der Waals surface area contributed by atoms with Gasteiger partial charge in [0.05, 0.1) is 26.4 Å². The second-order valence-electron chi connectivity index (χ2n) is 7.49. The third-order valence-electron chi connectivity index (χ3n) is 4.41. The van der Waals surface area contributed by atoms with E-state index in [4.69, 9.17) is 23.9 Å². The number of rotatable bonds is 12. The average Bonchev–Trinajstić information content (AvgIpc) is 2.95. The molecule has 1 aliphatic heterocycles. The van der Waals surface area contributed by atoms with E-state index in [1.807, 2.05) is 18.2 Å². The lowest BCUT2D eigenvalue weighted by molar-refractivity contribution is 0.0702. The number of nitrogens with one attached hydrogen (secondary N) is 2. The molecule has 0 atom stereocenters. The van der Waals surface area contributed by atoms with E-state index in [9.17, 15) is 0 Å². The van der Waals surface area contributed by atoms with Crippen molar-refractivity contribution in [3.63, 3.8) is 0 Å². The van der Waals surface area contributed by atoms with Crippen molar-refractivity contribution >= 4 is 35.6 Å². The van der Waals surface area contributed by atoms with Crippen LogP contribution in [0, 0.1) is 5.92 Å². The van der Waals surface area contributed by atoms with Crippen molar-refractivity contribution in [1.29, 1.82) is 0 Å². The van der Waals surface area contributed by atoms with E-state index in [0.29, 0.717) is 45.5 Å². The summed E-state index contributed by atoms with van der Waals surface area (Å²) in [5.41, 5.74) is 0.931. The van der Waals surface area contributed by atoms with Crippen LogP contribution in [0.2, 0.25) is 0 Å². The Balaban J connectivity index is 0.00000450. The molecule has 0 amide bonds. The van der Waals surface area contributed by atoms with Crippen molar-refractivity contribution in [1.82, 2.24) is 5.32 Å². The van der Waals surface area contributed by atoms with E-state index in [0.717, 1.165) is 49.0 Å². The molecule has 8 heteroatoms. The fourth-order valence-electron chi connectivity index (χ4n) is 2.84. The summed E-state index contributed by atoms with van der Waals surface area (Å²) in [5.74, 6) is 3.05. The molecule has 7 nitrogen and oxygen atoms in total. The summed E-state index contributed by atoms with van der Waals surface area (Å²) in [6, 6.07) is 5.91. The minimum Gasteiger partial charge on any atom is -0.490 e. The lowest BCUT2D eigenvalue weighted by Crippen LogP contribution is -2.32. The van der Waals surface area contributed by atoms with Crippen LogP contribution in [-0.4, -0.2) is 59.2 Å². The summed E-state index contributed by atoms with van der Waals surface area (Å²) in [4.78, 5) is 4.70. The first-order valence-corrected chi connectivity index (χ1v) is 10.7. The Morgan fingerprint density at radius 3 is 2.67 bits per heavy atom. The highest BCUT2D eigenvalue weighted by atomic mass is 127. The number of ether oxygens (including phenoxy) is 4. The largest absolute Gasteiger partial charge is 0.490 e. The quantitative estimate of drug-likeness (QED) is 0.180. The first kappa shape index (κ1) is 26.8. The Morgan fingerprint density at radius 1 is 1.10 bits per heavy atom. The van der Waals surface area contributed by atoms with Crippen molar-refractivity contribution in [3.8, 4) is 11.5 Å². The van der Waals surface area contributed by atoms with Gasteiger partial charge in [0, 0.05) is 45.0 Å². The van der Waals surface area contributed by atoms with Crippen LogP contribution in [0.3, 0.4) is 0 Å². The molecule has 1 heterocycles. The van der Waals surface area contributed by atoms with Gasteiger partial charge in [0.25, 0.3) is 0 Å². The number of hydrogen-bond donors (Lipinski definition) is 2. The molecule has 1 aromatic carbocycles. The first-order valence-electron chi connectivity index (χ1n) is 10.7. The summed E-state index contributed by atoms with van der Waals surface area (Å²) in [6.45, 7) is 9.36. The van der Waals surface area contributed by atoms with Crippen molar-refractivity contribution < 1.29 is 18.9 Å². The summed E-state index contributed by atoms with van der Waals surface area (Å²) in [5, 5.41) is 6.82. The molecule has 2 N–H and O–H groups in total. The maximum Gasteiger partial charge on any atom is 0.195 e. The van der Waals surface area contributed by atoms with E-state index >= 15 is 0 Å². The minimum absolute atomic E-state index is 0. The molecular formula is C22H38IN3O4. The third kappa shape index (κ3) is 11.2. The van der Waals surface area contributed by atoms with E-state index in [1.54, 1.807) is 7.11 Å². The average molecular weight is 535 g/mol. The van der Waals surface area contributed by atoms with Crippen molar-refractivity contribution in [2.45, 2.75) is 39.5 Å². The number of aliphatic imine (C=N–C) groups is 1.